The first-order chi connectivity index (χ1) is 10.6. The van der Waals surface area contributed by atoms with Crippen LogP contribution in [0.1, 0.15) is 6.42 Å². The molecule has 1 amide bonds. The number of aliphatic carboxylic acids is 1. The van der Waals surface area contributed by atoms with Gasteiger partial charge in [0, 0.05) is 30.5 Å². The molecule has 0 aliphatic carbocycles. The topological polar surface area (TPSA) is 69.7 Å². The lowest BCUT2D eigenvalue weighted by molar-refractivity contribution is -0.310. The zero-order valence-electron chi connectivity index (χ0n) is 11.8. The Morgan fingerprint density at radius 3 is 2.27 bits per heavy atom. The Kier molecular flexibility index (Phi) is 3.78. The molecule has 1 saturated heterocycles. The highest BCUT2D eigenvalue weighted by Crippen LogP contribution is 2.28. The van der Waals surface area contributed by atoms with Crippen molar-refractivity contribution in [3.8, 4) is 11.5 Å². The Morgan fingerprint density at radius 1 is 1.05 bits per heavy atom. The van der Waals surface area contributed by atoms with E-state index in [0.717, 1.165) is 5.75 Å². The predicted molar refractivity (Wildman–Crippen MR) is 78.4 cm³/mol. The van der Waals surface area contributed by atoms with Gasteiger partial charge in [-0.05, 0) is 36.4 Å². The molecule has 3 rings (SSSR count). The van der Waals surface area contributed by atoms with Gasteiger partial charge in [0.2, 0.25) is 5.91 Å². The molecule has 5 heteroatoms. The van der Waals surface area contributed by atoms with Gasteiger partial charge >= 0.3 is 0 Å². The lowest BCUT2D eigenvalue weighted by Gasteiger charge is -2.17. The minimum absolute atomic E-state index is 0.00933. The van der Waals surface area contributed by atoms with Crippen LogP contribution in [0.4, 0.5) is 5.69 Å². The van der Waals surface area contributed by atoms with Gasteiger partial charge in [0.25, 0.3) is 0 Å². The van der Waals surface area contributed by atoms with E-state index < -0.39 is 11.9 Å². The summed E-state index contributed by atoms with van der Waals surface area (Å²) in [6.07, 6.45) is -0.00933. The lowest BCUT2D eigenvalue weighted by atomic mass is 10.1. The molecule has 5 nitrogen and oxygen atoms in total. The Labute approximate surface area is 127 Å². The SMILES string of the molecule is O=C([O-])[C@@H]1CC(=O)N(c2ccc(Oc3ccccc3)cc2)C1. The zero-order chi connectivity index (χ0) is 15.5. The van der Waals surface area contributed by atoms with E-state index >= 15 is 0 Å². The van der Waals surface area contributed by atoms with Crippen molar-refractivity contribution >= 4 is 17.6 Å². The summed E-state index contributed by atoms with van der Waals surface area (Å²) in [7, 11) is 0. The van der Waals surface area contributed by atoms with Gasteiger partial charge in [-0.3, -0.25) is 4.79 Å². The molecule has 1 fully saturated rings. The molecule has 2 aromatic carbocycles. The number of anilines is 1. The van der Waals surface area contributed by atoms with Gasteiger partial charge < -0.3 is 19.5 Å². The van der Waals surface area contributed by atoms with Gasteiger partial charge in [-0.15, -0.1) is 0 Å². The molecule has 0 bridgehead atoms. The molecule has 0 unspecified atom stereocenters. The lowest BCUT2D eigenvalue weighted by Crippen LogP contribution is -2.33. The normalized spacial score (nSPS) is 17.5. The van der Waals surface area contributed by atoms with Crippen molar-refractivity contribution in [2.75, 3.05) is 11.4 Å². The Hall–Kier alpha value is -2.82. The van der Waals surface area contributed by atoms with Crippen molar-refractivity contribution in [1.82, 2.24) is 0 Å². The first-order valence-corrected chi connectivity index (χ1v) is 6.97. The fourth-order valence-corrected chi connectivity index (χ4v) is 2.43. The molecule has 1 aliphatic heterocycles. The van der Waals surface area contributed by atoms with Crippen LogP contribution >= 0.6 is 0 Å². The van der Waals surface area contributed by atoms with Crippen molar-refractivity contribution in [2.45, 2.75) is 6.42 Å². The highest BCUT2D eigenvalue weighted by molar-refractivity contribution is 5.98. The maximum atomic E-state index is 11.9. The number of hydrogen-bond donors (Lipinski definition) is 0. The molecule has 0 aromatic heterocycles. The van der Waals surface area contributed by atoms with Crippen LogP contribution in [0.5, 0.6) is 11.5 Å². The highest BCUT2D eigenvalue weighted by atomic mass is 16.5. The standard InChI is InChI=1S/C17H15NO4/c19-16-10-12(17(20)21)11-18(16)13-6-8-15(9-7-13)22-14-4-2-1-3-5-14/h1-9,12H,10-11H2,(H,20,21)/p-1/t12-/m1/s1. The minimum atomic E-state index is -1.18. The largest absolute Gasteiger partial charge is 0.550 e. The van der Waals surface area contributed by atoms with E-state index in [-0.39, 0.29) is 18.9 Å². The molecular formula is C17H14NO4-. The van der Waals surface area contributed by atoms with E-state index in [4.69, 9.17) is 4.74 Å². The average molecular weight is 296 g/mol. The van der Waals surface area contributed by atoms with Crippen molar-refractivity contribution in [2.24, 2.45) is 5.92 Å². The monoisotopic (exact) mass is 296 g/mol. The fourth-order valence-electron chi connectivity index (χ4n) is 2.43. The quantitative estimate of drug-likeness (QED) is 0.859. The summed E-state index contributed by atoms with van der Waals surface area (Å²) in [5.74, 6) is -0.749. The van der Waals surface area contributed by atoms with E-state index in [2.05, 4.69) is 0 Å². The van der Waals surface area contributed by atoms with Crippen LogP contribution in [0, 0.1) is 5.92 Å². The summed E-state index contributed by atoms with van der Waals surface area (Å²) in [4.78, 5) is 24.2. The van der Waals surface area contributed by atoms with E-state index in [1.807, 2.05) is 30.3 Å². The van der Waals surface area contributed by atoms with E-state index in [1.54, 1.807) is 24.3 Å². The summed E-state index contributed by atoms with van der Waals surface area (Å²) >= 11 is 0. The number of carbonyl (C=O) groups excluding carboxylic acids is 2. The van der Waals surface area contributed by atoms with Crippen molar-refractivity contribution < 1.29 is 19.4 Å². The van der Waals surface area contributed by atoms with E-state index in [0.29, 0.717) is 11.4 Å². The first kappa shape index (κ1) is 14.1. The van der Waals surface area contributed by atoms with Gasteiger partial charge in [-0.2, -0.15) is 0 Å². The number of amides is 1. The molecule has 1 atom stereocenters. The van der Waals surface area contributed by atoms with Crippen LogP contribution in [0.2, 0.25) is 0 Å². The molecule has 112 valence electrons. The van der Waals surface area contributed by atoms with Crippen molar-refractivity contribution in [3.05, 3.63) is 54.6 Å². The van der Waals surface area contributed by atoms with Crippen molar-refractivity contribution in [1.29, 1.82) is 0 Å². The number of carbonyl (C=O) groups is 2. The van der Waals surface area contributed by atoms with Gasteiger partial charge in [0.1, 0.15) is 11.5 Å². The third kappa shape index (κ3) is 2.93. The van der Waals surface area contributed by atoms with Crippen LogP contribution < -0.4 is 14.7 Å². The second kappa shape index (κ2) is 5.89. The average Bonchev–Trinajstić information content (AvgIpc) is 2.91. The number of carboxylic acid groups (broad SMARTS) is 1. The second-order valence-corrected chi connectivity index (χ2v) is 5.13. The summed E-state index contributed by atoms with van der Waals surface area (Å²) in [6.45, 7) is 0.153. The minimum Gasteiger partial charge on any atom is -0.550 e. The zero-order valence-corrected chi connectivity index (χ0v) is 11.8. The maximum absolute atomic E-state index is 11.9. The summed E-state index contributed by atoms with van der Waals surface area (Å²) in [5, 5.41) is 10.9. The number of benzene rings is 2. The summed E-state index contributed by atoms with van der Waals surface area (Å²) < 4.78 is 5.67. The Morgan fingerprint density at radius 2 is 1.68 bits per heavy atom. The molecule has 22 heavy (non-hydrogen) atoms. The van der Waals surface area contributed by atoms with Crippen LogP contribution in [0.3, 0.4) is 0 Å². The molecular weight excluding hydrogens is 282 g/mol. The van der Waals surface area contributed by atoms with Crippen LogP contribution in [-0.4, -0.2) is 18.4 Å². The Balaban J connectivity index is 1.72. The number of carboxylic acids is 1. The molecule has 1 heterocycles. The van der Waals surface area contributed by atoms with Gasteiger partial charge in [0.05, 0.1) is 0 Å². The molecule has 0 N–H and O–H groups in total. The molecule has 0 saturated carbocycles. The van der Waals surface area contributed by atoms with Gasteiger partial charge in [-0.25, -0.2) is 0 Å². The smallest absolute Gasteiger partial charge is 0.227 e. The number of nitrogens with zero attached hydrogens (tertiary/aromatic N) is 1. The molecule has 2 aromatic rings. The summed E-state index contributed by atoms with van der Waals surface area (Å²) in [6, 6.07) is 16.4. The number of para-hydroxylation sites is 1. The molecule has 1 aliphatic rings. The summed E-state index contributed by atoms with van der Waals surface area (Å²) in [5.41, 5.74) is 0.661. The predicted octanol–water partition coefficient (Wildman–Crippen LogP) is 1.58. The van der Waals surface area contributed by atoms with Crippen LogP contribution in [0.15, 0.2) is 54.6 Å². The van der Waals surface area contributed by atoms with Crippen LogP contribution in [-0.2, 0) is 9.59 Å². The molecule has 0 spiro atoms. The fraction of sp³-hybridized carbons (Fsp3) is 0.176. The third-order valence-corrected chi connectivity index (χ3v) is 3.59. The number of hydrogen-bond acceptors (Lipinski definition) is 4. The maximum Gasteiger partial charge on any atom is 0.227 e. The Bertz CT molecular complexity index is 682. The van der Waals surface area contributed by atoms with Gasteiger partial charge in [-0.1, -0.05) is 18.2 Å². The molecule has 0 radical (unpaired) electrons. The van der Waals surface area contributed by atoms with Crippen molar-refractivity contribution in [3.63, 3.8) is 0 Å². The van der Waals surface area contributed by atoms with E-state index in [1.165, 1.54) is 4.90 Å². The highest BCUT2D eigenvalue weighted by Gasteiger charge is 2.31. The first-order valence-electron chi connectivity index (χ1n) is 6.97. The number of ether oxygens (including phenoxy) is 1. The van der Waals surface area contributed by atoms with Gasteiger partial charge in [0.15, 0.2) is 0 Å². The third-order valence-electron chi connectivity index (χ3n) is 3.59. The second-order valence-electron chi connectivity index (χ2n) is 5.13. The van der Waals surface area contributed by atoms with Crippen LogP contribution in [0.25, 0.3) is 0 Å². The van der Waals surface area contributed by atoms with E-state index in [9.17, 15) is 14.7 Å². The number of rotatable bonds is 4.